The van der Waals surface area contributed by atoms with Gasteiger partial charge in [0.15, 0.2) is 0 Å². The Labute approximate surface area is 90.7 Å². The number of rotatable bonds is 3. The van der Waals surface area contributed by atoms with Gasteiger partial charge in [-0.25, -0.2) is 4.98 Å². The molecule has 0 aromatic carbocycles. The van der Waals surface area contributed by atoms with Crippen LogP contribution >= 0.6 is 0 Å². The van der Waals surface area contributed by atoms with Gasteiger partial charge in [0.05, 0.1) is 12.4 Å². The van der Waals surface area contributed by atoms with Crippen LogP contribution in [0.15, 0.2) is 12.4 Å². The first-order chi connectivity index (χ1) is 7.29. The second-order valence-corrected chi connectivity index (χ2v) is 4.13. The molecule has 0 radical (unpaired) electrons. The minimum atomic E-state index is 0.773. The zero-order valence-corrected chi connectivity index (χ0v) is 9.40. The molecule has 0 amide bonds. The topological polar surface area (TPSA) is 41.1 Å². The molecule has 1 saturated heterocycles. The number of nitrogens with one attached hydrogen (secondary N) is 1. The minimum absolute atomic E-state index is 0.773. The summed E-state index contributed by atoms with van der Waals surface area (Å²) >= 11 is 0. The average molecular weight is 206 g/mol. The van der Waals surface area contributed by atoms with Gasteiger partial charge < -0.3 is 10.2 Å². The number of hydrogen-bond donors (Lipinski definition) is 1. The normalized spacial score (nSPS) is 20.7. The molecule has 15 heavy (non-hydrogen) atoms. The summed E-state index contributed by atoms with van der Waals surface area (Å²) in [6.07, 6.45) is 4.87. The van der Waals surface area contributed by atoms with E-state index in [0.717, 1.165) is 37.2 Å². The predicted molar refractivity (Wildman–Crippen MR) is 62.2 cm³/mol. The summed E-state index contributed by atoms with van der Waals surface area (Å²) in [4.78, 5) is 11.0. The van der Waals surface area contributed by atoms with Crippen molar-refractivity contribution >= 4 is 11.6 Å². The summed E-state index contributed by atoms with van der Waals surface area (Å²) in [5.74, 6) is 2.64. The Kier molecular flexibility index (Phi) is 3.04. The maximum Gasteiger partial charge on any atom is 0.149 e. The van der Waals surface area contributed by atoms with Crippen LogP contribution in [0.25, 0.3) is 0 Å². The minimum Gasteiger partial charge on any atom is -0.369 e. The third-order valence-corrected chi connectivity index (χ3v) is 2.73. The van der Waals surface area contributed by atoms with Gasteiger partial charge in [-0.2, -0.15) is 0 Å². The molecule has 0 aliphatic carbocycles. The molecule has 4 heteroatoms. The van der Waals surface area contributed by atoms with Crippen molar-refractivity contribution in [3.63, 3.8) is 0 Å². The molecular formula is C11H18N4. The number of hydrogen-bond acceptors (Lipinski definition) is 4. The molecule has 1 N–H and O–H groups in total. The lowest BCUT2D eigenvalue weighted by Gasteiger charge is -2.17. The van der Waals surface area contributed by atoms with Crippen LogP contribution in [0.1, 0.15) is 20.3 Å². The first kappa shape index (κ1) is 10.2. The Bertz CT molecular complexity index is 326. The van der Waals surface area contributed by atoms with Crippen molar-refractivity contribution in [3.05, 3.63) is 12.4 Å². The molecule has 0 bridgehead atoms. The first-order valence-corrected chi connectivity index (χ1v) is 5.60. The first-order valence-electron chi connectivity index (χ1n) is 5.60. The molecule has 1 aliphatic rings. The fourth-order valence-corrected chi connectivity index (χ4v) is 1.92. The molecule has 2 heterocycles. The third kappa shape index (κ3) is 2.37. The van der Waals surface area contributed by atoms with Crippen LogP contribution in [0.2, 0.25) is 0 Å². The maximum absolute atomic E-state index is 4.53. The van der Waals surface area contributed by atoms with E-state index >= 15 is 0 Å². The molecule has 2 rings (SSSR count). The van der Waals surface area contributed by atoms with E-state index in [1.54, 1.807) is 6.20 Å². The lowest BCUT2D eigenvalue weighted by atomic mass is 10.2. The van der Waals surface area contributed by atoms with Crippen LogP contribution in [-0.2, 0) is 0 Å². The standard InChI is InChI=1S/C11H18N4/c1-3-13-10-6-12-7-11(14-10)15-5-4-9(2)8-15/h6-7,9H,3-5,8H2,1-2H3,(H,13,14). The molecule has 4 nitrogen and oxygen atoms in total. The van der Waals surface area contributed by atoms with E-state index in [9.17, 15) is 0 Å². The summed E-state index contributed by atoms with van der Waals surface area (Å²) in [5, 5.41) is 3.18. The maximum atomic E-state index is 4.53. The largest absolute Gasteiger partial charge is 0.369 e. The van der Waals surface area contributed by atoms with Gasteiger partial charge in [-0.05, 0) is 19.3 Å². The zero-order chi connectivity index (χ0) is 10.7. The van der Waals surface area contributed by atoms with Crippen LogP contribution < -0.4 is 10.2 Å². The van der Waals surface area contributed by atoms with Crippen molar-refractivity contribution in [2.75, 3.05) is 29.9 Å². The number of anilines is 2. The summed E-state index contributed by atoms with van der Waals surface area (Å²) in [5.41, 5.74) is 0. The Morgan fingerprint density at radius 2 is 2.40 bits per heavy atom. The monoisotopic (exact) mass is 206 g/mol. The van der Waals surface area contributed by atoms with Gasteiger partial charge in [-0.1, -0.05) is 6.92 Å². The summed E-state index contributed by atoms with van der Waals surface area (Å²) in [7, 11) is 0. The van der Waals surface area contributed by atoms with Crippen LogP contribution in [-0.4, -0.2) is 29.6 Å². The van der Waals surface area contributed by atoms with Crippen molar-refractivity contribution in [2.24, 2.45) is 5.92 Å². The highest BCUT2D eigenvalue weighted by molar-refractivity contribution is 5.44. The van der Waals surface area contributed by atoms with Crippen molar-refractivity contribution in [2.45, 2.75) is 20.3 Å². The molecule has 0 saturated carbocycles. The average Bonchev–Trinajstić information content (AvgIpc) is 2.66. The van der Waals surface area contributed by atoms with E-state index in [0.29, 0.717) is 0 Å². The number of nitrogens with zero attached hydrogens (tertiary/aromatic N) is 3. The van der Waals surface area contributed by atoms with Crippen LogP contribution in [0.5, 0.6) is 0 Å². The molecule has 1 fully saturated rings. The van der Waals surface area contributed by atoms with Crippen molar-refractivity contribution < 1.29 is 0 Å². The lowest BCUT2D eigenvalue weighted by molar-refractivity contribution is 0.659. The van der Waals surface area contributed by atoms with Crippen LogP contribution in [0.4, 0.5) is 11.6 Å². The smallest absolute Gasteiger partial charge is 0.149 e. The summed E-state index contributed by atoms with van der Waals surface area (Å²) < 4.78 is 0. The predicted octanol–water partition coefficient (Wildman–Crippen LogP) is 1.75. The molecular weight excluding hydrogens is 188 g/mol. The van der Waals surface area contributed by atoms with Gasteiger partial charge in [-0.15, -0.1) is 0 Å². The molecule has 1 aromatic heterocycles. The summed E-state index contributed by atoms with van der Waals surface area (Å²) in [6, 6.07) is 0. The molecule has 1 aliphatic heterocycles. The van der Waals surface area contributed by atoms with Gasteiger partial charge in [0, 0.05) is 19.6 Å². The Morgan fingerprint density at radius 3 is 3.07 bits per heavy atom. The Balaban J connectivity index is 2.10. The van der Waals surface area contributed by atoms with Gasteiger partial charge in [0.25, 0.3) is 0 Å². The highest BCUT2D eigenvalue weighted by atomic mass is 15.2. The third-order valence-electron chi connectivity index (χ3n) is 2.73. The summed E-state index contributed by atoms with van der Waals surface area (Å²) in [6.45, 7) is 7.43. The molecule has 1 atom stereocenters. The van der Waals surface area contributed by atoms with Gasteiger partial charge in [-0.3, -0.25) is 4.98 Å². The zero-order valence-electron chi connectivity index (χ0n) is 9.40. The highest BCUT2D eigenvalue weighted by Gasteiger charge is 2.20. The van der Waals surface area contributed by atoms with Gasteiger partial charge in [0.2, 0.25) is 0 Å². The quantitative estimate of drug-likeness (QED) is 0.818. The van der Waals surface area contributed by atoms with E-state index in [-0.39, 0.29) is 0 Å². The fourth-order valence-electron chi connectivity index (χ4n) is 1.92. The Morgan fingerprint density at radius 1 is 1.53 bits per heavy atom. The van der Waals surface area contributed by atoms with Gasteiger partial charge in [0.1, 0.15) is 11.6 Å². The van der Waals surface area contributed by atoms with Crippen molar-refractivity contribution in [3.8, 4) is 0 Å². The second-order valence-electron chi connectivity index (χ2n) is 4.13. The molecule has 82 valence electrons. The van der Waals surface area contributed by atoms with E-state index in [4.69, 9.17) is 0 Å². The van der Waals surface area contributed by atoms with E-state index in [1.807, 2.05) is 6.20 Å². The van der Waals surface area contributed by atoms with E-state index < -0.39 is 0 Å². The van der Waals surface area contributed by atoms with Crippen LogP contribution in [0.3, 0.4) is 0 Å². The van der Waals surface area contributed by atoms with Crippen molar-refractivity contribution in [1.82, 2.24) is 9.97 Å². The van der Waals surface area contributed by atoms with E-state index in [2.05, 4.69) is 34.0 Å². The second kappa shape index (κ2) is 4.47. The van der Waals surface area contributed by atoms with Crippen LogP contribution in [0, 0.1) is 5.92 Å². The van der Waals surface area contributed by atoms with Crippen molar-refractivity contribution in [1.29, 1.82) is 0 Å². The number of aromatic nitrogens is 2. The molecule has 1 unspecified atom stereocenters. The fraction of sp³-hybridized carbons (Fsp3) is 0.636. The van der Waals surface area contributed by atoms with E-state index in [1.165, 1.54) is 6.42 Å². The molecule has 1 aromatic rings. The highest BCUT2D eigenvalue weighted by Crippen LogP contribution is 2.21. The lowest BCUT2D eigenvalue weighted by Crippen LogP contribution is -2.20. The SMILES string of the molecule is CCNc1cncc(N2CCC(C)C2)n1. The molecule has 0 spiro atoms. The Hall–Kier alpha value is -1.32. The van der Waals surface area contributed by atoms with Gasteiger partial charge >= 0.3 is 0 Å².